The monoisotopic (exact) mass is 516 g/mol. The van der Waals surface area contributed by atoms with Crippen LogP contribution in [0.4, 0.5) is 10.8 Å². The number of thiazole rings is 1. The minimum Gasteiger partial charge on any atom is -0.478 e. The number of amides is 2. The van der Waals surface area contributed by atoms with E-state index in [2.05, 4.69) is 15.3 Å². The smallest absolute Gasteiger partial charge is 0.335 e. The zero-order chi connectivity index (χ0) is 24.6. The number of fused-ring (bicyclic) bond motifs is 1. The van der Waals surface area contributed by atoms with E-state index in [0.29, 0.717) is 27.6 Å². The van der Waals surface area contributed by atoms with Crippen LogP contribution in [0.1, 0.15) is 39.0 Å². The van der Waals surface area contributed by atoms with Crippen molar-refractivity contribution in [2.45, 2.75) is 20.4 Å². The molecule has 0 saturated heterocycles. The van der Waals surface area contributed by atoms with Crippen LogP contribution in [0, 0.1) is 6.92 Å². The number of hydrogen-bond acceptors (Lipinski definition) is 5. The van der Waals surface area contributed by atoms with Gasteiger partial charge in [0, 0.05) is 18.3 Å². The number of nitrogens with one attached hydrogen (secondary N) is 2. The van der Waals surface area contributed by atoms with Gasteiger partial charge >= 0.3 is 5.97 Å². The van der Waals surface area contributed by atoms with Gasteiger partial charge in [-0.05, 0) is 42.8 Å². The standard InChI is InChI=1S/C23H18Cl2N4O4S/c1-11-18(24)19(25)20(26-11)21(31)29(10-13-4-3-5-14(8-13)22(32)33)23-28-16-7-6-15(27-12(2)30)9-17(16)34-23/h3-9,26H,10H2,1-2H3,(H,27,30)(H,32,33). The van der Waals surface area contributed by atoms with Gasteiger partial charge in [0.1, 0.15) is 5.69 Å². The Morgan fingerprint density at radius 1 is 1.15 bits per heavy atom. The molecule has 0 fully saturated rings. The van der Waals surface area contributed by atoms with Gasteiger partial charge in [0.25, 0.3) is 5.91 Å². The largest absolute Gasteiger partial charge is 0.478 e. The molecule has 174 valence electrons. The Bertz CT molecular complexity index is 1450. The molecule has 2 aromatic heterocycles. The number of aryl methyl sites for hydroxylation is 1. The third-order valence-corrected chi connectivity index (χ3v) is 6.94. The molecule has 4 rings (SSSR count). The van der Waals surface area contributed by atoms with Gasteiger partial charge in [-0.15, -0.1) is 0 Å². The molecule has 0 atom stereocenters. The number of carboxylic acid groups (broad SMARTS) is 1. The van der Waals surface area contributed by atoms with E-state index in [1.807, 2.05) is 0 Å². The predicted molar refractivity (Wildman–Crippen MR) is 133 cm³/mol. The molecule has 4 aromatic rings. The number of carbonyl (C=O) groups excluding carboxylic acids is 2. The van der Waals surface area contributed by atoms with Crippen LogP contribution in [0.5, 0.6) is 0 Å². The van der Waals surface area contributed by atoms with Crippen LogP contribution < -0.4 is 10.2 Å². The number of carboxylic acids is 1. The topological polar surface area (TPSA) is 115 Å². The third kappa shape index (κ3) is 4.77. The Morgan fingerprint density at radius 2 is 1.91 bits per heavy atom. The second kappa shape index (κ2) is 9.46. The first kappa shape index (κ1) is 23.7. The van der Waals surface area contributed by atoms with Gasteiger partial charge in [-0.2, -0.15) is 0 Å². The number of anilines is 2. The number of aromatic amines is 1. The Kier molecular flexibility index (Phi) is 6.60. The molecule has 0 bridgehead atoms. The second-order valence-electron chi connectivity index (χ2n) is 7.51. The Hall–Kier alpha value is -3.40. The maximum Gasteiger partial charge on any atom is 0.335 e. The van der Waals surface area contributed by atoms with Crippen molar-refractivity contribution in [3.63, 3.8) is 0 Å². The highest BCUT2D eigenvalue weighted by atomic mass is 35.5. The second-order valence-corrected chi connectivity index (χ2v) is 9.27. The fourth-order valence-corrected chi connectivity index (χ4v) is 4.79. The molecular weight excluding hydrogens is 499 g/mol. The summed E-state index contributed by atoms with van der Waals surface area (Å²) in [5.74, 6) is -1.74. The lowest BCUT2D eigenvalue weighted by atomic mass is 10.1. The first-order chi connectivity index (χ1) is 16.1. The van der Waals surface area contributed by atoms with Gasteiger partial charge < -0.3 is 15.4 Å². The molecule has 11 heteroatoms. The molecule has 0 radical (unpaired) electrons. The van der Waals surface area contributed by atoms with Gasteiger partial charge in [0.05, 0.1) is 32.4 Å². The summed E-state index contributed by atoms with van der Waals surface area (Å²) in [6, 6.07) is 11.6. The van der Waals surface area contributed by atoms with E-state index >= 15 is 0 Å². The van der Waals surface area contributed by atoms with E-state index in [1.54, 1.807) is 37.3 Å². The molecule has 2 amide bonds. The summed E-state index contributed by atoms with van der Waals surface area (Å²) >= 11 is 13.8. The van der Waals surface area contributed by atoms with Crippen molar-refractivity contribution in [1.29, 1.82) is 0 Å². The van der Waals surface area contributed by atoms with Gasteiger partial charge in [-0.3, -0.25) is 14.5 Å². The molecular formula is C23H18Cl2N4O4S. The molecule has 0 spiro atoms. The number of benzene rings is 2. The predicted octanol–water partition coefficient (Wildman–Crippen LogP) is 5.74. The quantitative estimate of drug-likeness (QED) is 0.302. The fraction of sp³-hybridized carbons (Fsp3) is 0.130. The summed E-state index contributed by atoms with van der Waals surface area (Å²) in [7, 11) is 0. The van der Waals surface area contributed by atoms with Crippen molar-refractivity contribution in [3.05, 3.63) is 75.0 Å². The third-order valence-electron chi connectivity index (χ3n) is 4.96. The van der Waals surface area contributed by atoms with Crippen molar-refractivity contribution in [1.82, 2.24) is 9.97 Å². The highest BCUT2D eigenvalue weighted by Gasteiger charge is 2.27. The van der Waals surface area contributed by atoms with Crippen molar-refractivity contribution >= 4 is 73.4 Å². The SMILES string of the molecule is CC(=O)Nc1ccc2nc(N(Cc3cccc(C(=O)O)c3)C(=O)c3[nH]c(C)c(Cl)c3Cl)sc2c1. The van der Waals surface area contributed by atoms with E-state index in [4.69, 9.17) is 23.2 Å². The number of aromatic carboxylic acids is 1. The van der Waals surface area contributed by atoms with Crippen LogP contribution in [-0.2, 0) is 11.3 Å². The molecule has 0 unspecified atom stereocenters. The average molecular weight is 517 g/mol. The number of carbonyl (C=O) groups is 3. The highest BCUT2D eigenvalue weighted by molar-refractivity contribution is 7.22. The summed E-state index contributed by atoms with van der Waals surface area (Å²) in [4.78, 5) is 45.3. The Balaban J connectivity index is 1.79. The van der Waals surface area contributed by atoms with Gasteiger partial charge in [0.2, 0.25) is 5.91 Å². The summed E-state index contributed by atoms with van der Waals surface area (Å²) in [6.07, 6.45) is 0. The molecule has 2 heterocycles. The molecule has 0 aliphatic rings. The van der Waals surface area contributed by atoms with Crippen LogP contribution in [0.3, 0.4) is 0 Å². The number of rotatable bonds is 6. The minimum absolute atomic E-state index is 0.0460. The van der Waals surface area contributed by atoms with Crippen molar-refractivity contribution in [2.75, 3.05) is 10.2 Å². The maximum atomic E-state index is 13.6. The zero-order valence-electron chi connectivity index (χ0n) is 18.0. The average Bonchev–Trinajstić information content (AvgIpc) is 3.32. The summed E-state index contributed by atoms with van der Waals surface area (Å²) in [6.45, 7) is 3.17. The summed E-state index contributed by atoms with van der Waals surface area (Å²) < 4.78 is 0.755. The molecule has 3 N–H and O–H groups in total. The first-order valence-electron chi connectivity index (χ1n) is 10.00. The van der Waals surface area contributed by atoms with Crippen LogP contribution in [0.2, 0.25) is 10.0 Å². The molecule has 0 saturated carbocycles. The van der Waals surface area contributed by atoms with Gasteiger partial charge in [-0.25, -0.2) is 9.78 Å². The number of halogens is 2. The lowest BCUT2D eigenvalue weighted by molar-refractivity contribution is -0.114. The lowest BCUT2D eigenvalue weighted by Gasteiger charge is -2.20. The lowest BCUT2D eigenvalue weighted by Crippen LogP contribution is -2.31. The van der Waals surface area contributed by atoms with Crippen LogP contribution in [-0.4, -0.2) is 32.9 Å². The van der Waals surface area contributed by atoms with E-state index in [1.165, 1.54) is 35.3 Å². The van der Waals surface area contributed by atoms with Crippen LogP contribution in [0.15, 0.2) is 42.5 Å². The van der Waals surface area contributed by atoms with E-state index in [9.17, 15) is 19.5 Å². The van der Waals surface area contributed by atoms with E-state index in [0.717, 1.165) is 4.70 Å². The van der Waals surface area contributed by atoms with Gasteiger partial charge in [-0.1, -0.05) is 46.7 Å². The molecule has 0 aliphatic carbocycles. The van der Waals surface area contributed by atoms with E-state index < -0.39 is 11.9 Å². The van der Waals surface area contributed by atoms with Crippen LogP contribution >= 0.6 is 34.5 Å². The summed E-state index contributed by atoms with van der Waals surface area (Å²) in [5, 5.41) is 12.8. The van der Waals surface area contributed by atoms with Crippen LogP contribution in [0.25, 0.3) is 10.2 Å². The summed E-state index contributed by atoms with van der Waals surface area (Å²) in [5.41, 5.74) is 2.60. The maximum absolute atomic E-state index is 13.6. The number of hydrogen-bond donors (Lipinski definition) is 3. The number of aromatic nitrogens is 2. The van der Waals surface area contributed by atoms with Crippen molar-refractivity contribution in [2.24, 2.45) is 0 Å². The highest BCUT2D eigenvalue weighted by Crippen LogP contribution is 2.35. The van der Waals surface area contributed by atoms with Crippen molar-refractivity contribution in [3.8, 4) is 0 Å². The Labute approximate surface area is 208 Å². The molecule has 34 heavy (non-hydrogen) atoms. The van der Waals surface area contributed by atoms with Gasteiger partial charge in [0.15, 0.2) is 5.13 Å². The normalized spacial score (nSPS) is 10.9. The minimum atomic E-state index is -1.07. The Morgan fingerprint density at radius 3 is 2.56 bits per heavy atom. The number of H-pyrrole nitrogens is 1. The first-order valence-corrected chi connectivity index (χ1v) is 11.6. The molecule has 2 aromatic carbocycles. The van der Waals surface area contributed by atoms with Crippen molar-refractivity contribution < 1.29 is 19.5 Å². The molecule has 0 aliphatic heterocycles. The molecule has 8 nitrogen and oxygen atoms in total. The zero-order valence-corrected chi connectivity index (χ0v) is 20.3. The van der Waals surface area contributed by atoms with E-state index in [-0.39, 0.29) is 33.8 Å². The number of nitrogens with zero attached hydrogens (tertiary/aromatic N) is 2. The fourth-order valence-electron chi connectivity index (χ4n) is 3.37.